The molecule has 0 radical (unpaired) electrons. The molecule has 0 bridgehead atoms. The van der Waals surface area contributed by atoms with E-state index in [0.29, 0.717) is 0 Å². The first-order chi connectivity index (χ1) is 6.80. The number of methoxy groups -OCH3 is 1. The van der Waals surface area contributed by atoms with E-state index in [1.807, 2.05) is 31.3 Å². The van der Waals surface area contributed by atoms with Gasteiger partial charge in [0.05, 0.1) is 13.7 Å². The van der Waals surface area contributed by atoms with Gasteiger partial charge in [-0.25, -0.2) is 0 Å². The predicted octanol–water partition coefficient (Wildman–Crippen LogP) is 0.818. The van der Waals surface area contributed by atoms with E-state index in [4.69, 9.17) is 9.84 Å². The summed E-state index contributed by atoms with van der Waals surface area (Å²) in [6.45, 7) is 0.147. The summed E-state index contributed by atoms with van der Waals surface area (Å²) in [6.07, 6.45) is 0.810. The van der Waals surface area contributed by atoms with Crippen LogP contribution in [0.1, 0.15) is 5.56 Å². The zero-order chi connectivity index (χ0) is 10.4. The molecule has 0 aliphatic rings. The highest BCUT2D eigenvalue weighted by atomic mass is 16.5. The molecule has 14 heavy (non-hydrogen) atoms. The quantitative estimate of drug-likeness (QED) is 0.731. The SMILES string of the molecule is CNC(CO)Cc1cccc(OC)c1. The van der Waals surface area contributed by atoms with Crippen molar-refractivity contribution in [2.24, 2.45) is 0 Å². The Kier molecular flexibility index (Phi) is 4.43. The van der Waals surface area contributed by atoms with E-state index in [0.717, 1.165) is 17.7 Å². The molecular formula is C11H17NO2. The van der Waals surface area contributed by atoms with Crippen LogP contribution in [-0.2, 0) is 6.42 Å². The summed E-state index contributed by atoms with van der Waals surface area (Å²) in [5.74, 6) is 0.857. The van der Waals surface area contributed by atoms with Crippen LogP contribution < -0.4 is 10.1 Å². The summed E-state index contributed by atoms with van der Waals surface area (Å²) >= 11 is 0. The Bertz CT molecular complexity index is 272. The van der Waals surface area contributed by atoms with Crippen LogP contribution in [0.15, 0.2) is 24.3 Å². The van der Waals surface area contributed by atoms with Gasteiger partial charge < -0.3 is 15.2 Å². The van der Waals surface area contributed by atoms with Crippen LogP contribution >= 0.6 is 0 Å². The van der Waals surface area contributed by atoms with Gasteiger partial charge in [0, 0.05) is 6.04 Å². The van der Waals surface area contributed by atoms with E-state index in [1.54, 1.807) is 7.11 Å². The van der Waals surface area contributed by atoms with Crippen molar-refractivity contribution in [1.82, 2.24) is 5.32 Å². The lowest BCUT2D eigenvalue weighted by atomic mass is 10.1. The number of hydrogen-bond acceptors (Lipinski definition) is 3. The predicted molar refractivity (Wildman–Crippen MR) is 56.6 cm³/mol. The standard InChI is InChI=1S/C11H17NO2/c1-12-10(8-13)6-9-4-3-5-11(7-9)14-2/h3-5,7,10,12-13H,6,8H2,1-2H3. The lowest BCUT2D eigenvalue weighted by molar-refractivity contribution is 0.248. The molecule has 0 heterocycles. The van der Waals surface area contributed by atoms with Crippen LogP contribution in [-0.4, -0.2) is 31.9 Å². The van der Waals surface area contributed by atoms with Crippen LogP contribution in [0.2, 0.25) is 0 Å². The number of nitrogens with one attached hydrogen (secondary N) is 1. The third-order valence-corrected chi connectivity index (χ3v) is 2.24. The summed E-state index contributed by atoms with van der Waals surface area (Å²) in [6, 6.07) is 8.00. The molecule has 1 aromatic carbocycles. The molecule has 0 saturated carbocycles. The van der Waals surface area contributed by atoms with Gasteiger partial charge in [0.2, 0.25) is 0 Å². The van der Waals surface area contributed by atoms with Gasteiger partial charge in [0.15, 0.2) is 0 Å². The molecule has 1 aromatic rings. The molecule has 1 rings (SSSR count). The molecule has 0 aliphatic carbocycles. The van der Waals surface area contributed by atoms with Crippen molar-refractivity contribution in [1.29, 1.82) is 0 Å². The van der Waals surface area contributed by atoms with E-state index in [9.17, 15) is 0 Å². The average Bonchev–Trinajstić information content (AvgIpc) is 2.26. The fraction of sp³-hybridized carbons (Fsp3) is 0.455. The van der Waals surface area contributed by atoms with Crippen molar-refractivity contribution < 1.29 is 9.84 Å². The Morgan fingerprint density at radius 3 is 2.86 bits per heavy atom. The summed E-state index contributed by atoms with van der Waals surface area (Å²) < 4.78 is 5.12. The highest BCUT2D eigenvalue weighted by Gasteiger charge is 2.05. The highest BCUT2D eigenvalue weighted by Crippen LogP contribution is 2.13. The molecule has 3 heteroatoms. The number of ether oxygens (including phenoxy) is 1. The number of aliphatic hydroxyl groups excluding tert-OH is 1. The molecule has 0 saturated heterocycles. The Labute approximate surface area is 84.7 Å². The maximum Gasteiger partial charge on any atom is 0.119 e. The molecule has 1 atom stereocenters. The van der Waals surface area contributed by atoms with Gasteiger partial charge in [-0.15, -0.1) is 0 Å². The molecule has 3 nitrogen and oxygen atoms in total. The number of hydrogen-bond donors (Lipinski definition) is 2. The van der Waals surface area contributed by atoms with E-state index in [2.05, 4.69) is 5.32 Å². The van der Waals surface area contributed by atoms with Gasteiger partial charge in [0.25, 0.3) is 0 Å². The topological polar surface area (TPSA) is 41.5 Å². The number of likely N-dealkylation sites (N-methyl/N-ethyl adjacent to an activating group) is 1. The molecule has 0 aliphatic heterocycles. The molecule has 0 amide bonds. The van der Waals surface area contributed by atoms with Crippen molar-refractivity contribution in [2.45, 2.75) is 12.5 Å². The van der Waals surface area contributed by atoms with Crippen molar-refractivity contribution in [3.05, 3.63) is 29.8 Å². The van der Waals surface area contributed by atoms with E-state index in [1.165, 1.54) is 0 Å². The zero-order valence-corrected chi connectivity index (χ0v) is 8.66. The number of aliphatic hydroxyl groups is 1. The van der Waals surface area contributed by atoms with Crippen LogP contribution in [0.5, 0.6) is 5.75 Å². The Morgan fingerprint density at radius 2 is 2.29 bits per heavy atom. The lowest BCUT2D eigenvalue weighted by Gasteiger charge is -2.13. The minimum Gasteiger partial charge on any atom is -0.497 e. The lowest BCUT2D eigenvalue weighted by Crippen LogP contribution is -2.31. The van der Waals surface area contributed by atoms with E-state index in [-0.39, 0.29) is 12.6 Å². The summed E-state index contributed by atoms with van der Waals surface area (Å²) in [4.78, 5) is 0. The van der Waals surface area contributed by atoms with E-state index < -0.39 is 0 Å². The van der Waals surface area contributed by atoms with Gasteiger partial charge >= 0.3 is 0 Å². The molecule has 1 unspecified atom stereocenters. The smallest absolute Gasteiger partial charge is 0.119 e. The second-order valence-electron chi connectivity index (χ2n) is 3.22. The van der Waals surface area contributed by atoms with Crippen molar-refractivity contribution in [3.8, 4) is 5.75 Å². The largest absolute Gasteiger partial charge is 0.497 e. The van der Waals surface area contributed by atoms with Gasteiger partial charge in [-0.3, -0.25) is 0 Å². The molecule has 0 aromatic heterocycles. The van der Waals surface area contributed by atoms with Gasteiger partial charge in [-0.1, -0.05) is 12.1 Å². The second kappa shape index (κ2) is 5.62. The van der Waals surface area contributed by atoms with Crippen LogP contribution in [0.4, 0.5) is 0 Å². The van der Waals surface area contributed by atoms with Gasteiger partial charge in [-0.05, 0) is 31.2 Å². The molecule has 0 spiro atoms. The van der Waals surface area contributed by atoms with Crippen LogP contribution in [0.3, 0.4) is 0 Å². The minimum atomic E-state index is 0.113. The molecule has 78 valence electrons. The Balaban J connectivity index is 2.65. The first-order valence-electron chi connectivity index (χ1n) is 4.71. The number of benzene rings is 1. The average molecular weight is 195 g/mol. The monoisotopic (exact) mass is 195 g/mol. The third kappa shape index (κ3) is 3.01. The zero-order valence-electron chi connectivity index (χ0n) is 8.66. The van der Waals surface area contributed by atoms with Gasteiger partial charge in [-0.2, -0.15) is 0 Å². The third-order valence-electron chi connectivity index (χ3n) is 2.24. The summed E-state index contributed by atoms with van der Waals surface area (Å²) in [7, 11) is 3.50. The first-order valence-corrected chi connectivity index (χ1v) is 4.71. The van der Waals surface area contributed by atoms with Crippen molar-refractivity contribution in [2.75, 3.05) is 20.8 Å². The maximum absolute atomic E-state index is 9.02. The second-order valence-corrected chi connectivity index (χ2v) is 3.22. The van der Waals surface area contributed by atoms with Crippen LogP contribution in [0.25, 0.3) is 0 Å². The van der Waals surface area contributed by atoms with E-state index >= 15 is 0 Å². The summed E-state index contributed by atoms with van der Waals surface area (Å²) in [5, 5.41) is 12.1. The minimum absolute atomic E-state index is 0.113. The molecule has 0 fully saturated rings. The molecule has 2 N–H and O–H groups in total. The first kappa shape index (κ1) is 11.0. The molecular weight excluding hydrogens is 178 g/mol. The fourth-order valence-corrected chi connectivity index (χ4v) is 1.34. The highest BCUT2D eigenvalue weighted by molar-refractivity contribution is 5.28. The van der Waals surface area contributed by atoms with Crippen molar-refractivity contribution in [3.63, 3.8) is 0 Å². The normalized spacial score (nSPS) is 12.5. The fourth-order valence-electron chi connectivity index (χ4n) is 1.34. The van der Waals surface area contributed by atoms with Crippen molar-refractivity contribution >= 4 is 0 Å². The maximum atomic E-state index is 9.02. The Hall–Kier alpha value is -1.06. The number of rotatable bonds is 5. The van der Waals surface area contributed by atoms with Gasteiger partial charge in [0.1, 0.15) is 5.75 Å². The van der Waals surface area contributed by atoms with Crippen LogP contribution in [0, 0.1) is 0 Å². The summed E-state index contributed by atoms with van der Waals surface area (Å²) in [5.41, 5.74) is 1.16. The Morgan fingerprint density at radius 1 is 1.50 bits per heavy atom.